The first-order valence-corrected chi connectivity index (χ1v) is 7.84. The number of aliphatic hydroxyl groups excluding tert-OH is 2. The van der Waals surface area contributed by atoms with Crippen molar-refractivity contribution in [3.05, 3.63) is 95.4 Å². The Bertz CT molecular complexity index is 743. The van der Waals surface area contributed by atoms with E-state index in [-0.39, 0.29) is 13.2 Å². The highest BCUT2D eigenvalue weighted by molar-refractivity contribution is 5.87. The molecule has 0 amide bonds. The van der Waals surface area contributed by atoms with Gasteiger partial charge in [-0.1, -0.05) is 36.4 Å². The molecule has 0 atom stereocenters. The Morgan fingerprint density at radius 2 is 0.963 bits per heavy atom. The van der Waals surface area contributed by atoms with Crippen LogP contribution in [0.2, 0.25) is 0 Å². The molecule has 142 valence electrons. The predicted molar refractivity (Wildman–Crippen MR) is 97.4 cm³/mol. The van der Waals surface area contributed by atoms with E-state index in [2.05, 4.69) is 0 Å². The Hall–Kier alpha value is -3.42. The summed E-state index contributed by atoms with van der Waals surface area (Å²) >= 11 is 0. The third-order valence-electron chi connectivity index (χ3n) is 3.07. The average molecular weight is 372 g/mol. The van der Waals surface area contributed by atoms with Gasteiger partial charge in [0.05, 0.1) is 11.1 Å². The van der Waals surface area contributed by atoms with Crippen LogP contribution in [-0.2, 0) is 13.2 Å². The molecule has 0 fully saturated rings. The van der Waals surface area contributed by atoms with E-state index < -0.39 is 11.9 Å². The molecule has 1 heterocycles. The molecule has 7 heteroatoms. The number of benzene rings is 2. The topological polar surface area (TPSA) is 128 Å². The van der Waals surface area contributed by atoms with Crippen LogP contribution in [0.15, 0.2) is 77.2 Å². The molecule has 27 heavy (non-hydrogen) atoms. The minimum atomic E-state index is -0.879. The van der Waals surface area contributed by atoms with E-state index in [4.69, 9.17) is 24.8 Å². The van der Waals surface area contributed by atoms with E-state index in [1.54, 1.807) is 72.8 Å². The lowest BCUT2D eigenvalue weighted by atomic mass is 10.2. The third-order valence-corrected chi connectivity index (χ3v) is 3.07. The molecule has 0 aliphatic rings. The zero-order valence-electron chi connectivity index (χ0n) is 14.4. The minimum absolute atomic E-state index is 0.111. The van der Waals surface area contributed by atoms with Crippen LogP contribution in [0.5, 0.6) is 0 Å². The summed E-state index contributed by atoms with van der Waals surface area (Å²) in [6.45, 7) is -0.222. The second kappa shape index (κ2) is 12.0. The van der Waals surface area contributed by atoms with Crippen LogP contribution in [0.4, 0.5) is 0 Å². The summed E-state index contributed by atoms with van der Waals surface area (Å²) in [4.78, 5) is 20.4. The molecule has 0 saturated heterocycles. The molecule has 4 N–H and O–H groups in total. The molecule has 0 aliphatic carbocycles. The van der Waals surface area contributed by atoms with Gasteiger partial charge in [-0.2, -0.15) is 0 Å². The Labute approximate surface area is 155 Å². The zero-order chi connectivity index (χ0) is 20.1. The minimum Gasteiger partial charge on any atom is -0.478 e. The Morgan fingerprint density at radius 3 is 1.15 bits per heavy atom. The maximum Gasteiger partial charge on any atom is 0.335 e. The molecule has 0 saturated carbocycles. The molecule has 0 spiro atoms. The van der Waals surface area contributed by atoms with E-state index in [0.29, 0.717) is 22.6 Å². The van der Waals surface area contributed by atoms with Gasteiger partial charge < -0.3 is 24.8 Å². The van der Waals surface area contributed by atoms with Crippen molar-refractivity contribution in [1.82, 2.24) is 0 Å². The van der Waals surface area contributed by atoms with Crippen LogP contribution in [0.3, 0.4) is 0 Å². The van der Waals surface area contributed by atoms with Crippen molar-refractivity contribution in [2.24, 2.45) is 0 Å². The Balaban J connectivity index is 0.000000202. The molecule has 3 aromatic rings. The number of hydrogen-bond donors (Lipinski definition) is 4. The predicted octanol–water partition coefficient (Wildman–Crippen LogP) is 3.03. The number of aromatic carboxylic acids is 2. The fraction of sp³-hybridized carbons (Fsp3) is 0.100. The molecular formula is C20H20O7. The number of carbonyl (C=O) groups is 2. The highest BCUT2D eigenvalue weighted by atomic mass is 16.4. The van der Waals surface area contributed by atoms with Gasteiger partial charge in [0.15, 0.2) is 0 Å². The molecule has 2 aromatic carbocycles. The summed E-state index contributed by atoms with van der Waals surface area (Å²) in [5.41, 5.74) is 0.662. The van der Waals surface area contributed by atoms with Crippen molar-refractivity contribution >= 4 is 11.9 Å². The summed E-state index contributed by atoms with van der Waals surface area (Å²) in [6, 6.07) is 19.9. The highest BCUT2D eigenvalue weighted by Gasteiger charge is 1.98. The van der Waals surface area contributed by atoms with E-state index in [0.717, 1.165) is 0 Å². The third kappa shape index (κ3) is 8.48. The van der Waals surface area contributed by atoms with E-state index in [1.807, 2.05) is 0 Å². The van der Waals surface area contributed by atoms with E-state index in [9.17, 15) is 9.59 Å². The van der Waals surface area contributed by atoms with E-state index in [1.165, 1.54) is 0 Å². The highest BCUT2D eigenvalue weighted by Crippen LogP contribution is 2.06. The fourth-order valence-electron chi connectivity index (χ4n) is 1.75. The summed E-state index contributed by atoms with van der Waals surface area (Å²) in [6.07, 6.45) is 0. The normalized spacial score (nSPS) is 9.26. The molecule has 3 rings (SSSR count). The van der Waals surface area contributed by atoms with Crippen molar-refractivity contribution in [2.75, 3.05) is 0 Å². The second-order valence-electron chi connectivity index (χ2n) is 5.03. The smallest absolute Gasteiger partial charge is 0.335 e. The summed E-state index contributed by atoms with van der Waals surface area (Å²) in [5.74, 6) is -0.788. The van der Waals surface area contributed by atoms with Gasteiger partial charge in [0.2, 0.25) is 0 Å². The lowest BCUT2D eigenvalue weighted by molar-refractivity contribution is 0.0686. The van der Waals surface area contributed by atoms with Crippen molar-refractivity contribution in [3.63, 3.8) is 0 Å². The number of furan rings is 1. The first-order valence-electron chi connectivity index (χ1n) is 7.84. The number of carboxylic acids is 2. The van der Waals surface area contributed by atoms with Gasteiger partial charge in [-0.25, -0.2) is 9.59 Å². The summed E-state index contributed by atoms with van der Waals surface area (Å²) in [5, 5.41) is 33.7. The summed E-state index contributed by atoms with van der Waals surface area (Å²) in [7, 11) is 0. The van der Waals surface area contributed by atoms with Gasteiger partial charge in [0, 0.05) is 0 Å². The molecule has 7 nitrogen and oxygen atoms in total. The first kappa shape index (κ1) is 21.6. The van der Waals surface area contributed by atoms with Crippen LogP contribution in [0.25, 0.3) is 0 Å². The van der Waals surface area contributed by atoms with Gasteiger partial charge in [0.1, 0.15) is 24.7 Å². The molecule has 0 radical (unpaired) electrons. The van der Waals surface area contributed by atoms with Gasteiger partial charge in [-0.3, -0.25) is 0 Å². The monoisotopic (exact) mass is 372 g/mol. The SMILES string of the molecule is O=C(O)c1ccccc1.O=C(O)c1ccccc1.OCc1ccc(CO)o1. The van der Waals surface area contributed by atoms with Gasteiger partial charge >= 0.3 is 11.9 Å². The van der Waals surface area contributed by atoms with Crippen molar-refractivity contribution in [1.29, 1.82) is 0 Å². The maximum atomic E-state index is 10.2. The Morgan fingerprint density at radius 1 is 0.630 bits per heavy atom. The van der Waals surface area contributed by atoms with Crippen LogP contribution in [0, 0.1) is 0 Å². The average Bonchev–Trinajstić information content (AvgIpc) is 3.19. The standard InChI is InChI=1S/2C7H6O2.C6H8O3/c2*8-7(9)6-4-2-1-3-5-6;7-3-5-1-2-6(4-8)9-5/h2*1-5H,(H,8,9);1-2,7-8H,3-4H2. The first-order chi connectivity index (χ1) is 13.0. The summed E-state index contributed by atoms with van der Waals surface area (Å²) < 4.78 is 4.88. The van der Waals surface area contributed by atoms with Gasteiger partial charge in [0.25, 0.3) is 0 Å². The van der Waals surface area contributed by atoms with Gasteiger partial charge in [-0.05, 0) is 36.4 Å². The zero-order valence-corrected chi connectivity index (χ0v) is 14.4. The number of aliphatic hydroxyl groups is 2. The fourth-order valence-corrected chi connectivity index (χ4v) is 1.75. The number of hydrogen-bond acceptors (Lipinski definition) is 5. The van der Waals surface area contributed by atoms with Crippen LogP contribution >= 0.6 is 0 Å². The Kier molecular flexibility index (Phi) is 9.62. The molecule has 1 aromatic heterocycles. The van der Waals surface area contributed by atoms with Crippen LogP contribution in [-0.4, -0.2) is 32.4 Å². The van der Waals surface area contributed by atoms with Crippen molar-refractivity contribution in [3.8, 4) is 0 Å². The number of carboxylic acid groups (broad SMARTS) is 2. The molecule has 0 aliphatic heterocycles. The largest absolute Gasteiger partial charge is 0.478 e. The number of rotatable bonds is 4. The quantitative estimate of drug-likeness (QED) is 0.554. The molecular weight excluding hydrogens is 352 g/mol. The van der Waals surface area contributed by atoms with Crippen molar-refractivity contribution in [2.45, 2.75) is 13.2 Å². The van der Waals surface area contributed by atoms with E-state index >= 15 is 0 Å². The maximum absolute atomic E-state index is 10.2. The van der Waals surface area contributed by atoms with Crippen LogP contribution < -0.4 is 0 Å². The molecule has 0 bridgehead atoms. The van der Waals surface area contributed by atoms with Gasteiger partial charge in [-0.15, -0.1) is 0 Å². The van der Waals surface area contributed by atoms with Crippen molar-refractivity contribution < 1.29 is 34.4 Å². The lowest BCUT2D eigenvalue weighted by Gasteiger charge is -1.88. The second-order valence-corrected chi connectivity index (χ2v) is 5.03. The lowest BCUT2D eigenvalue weighted by Crippen LogP contribution is -1.93. The van der Waals surface area contributed by atoms with Crippen LogP contribution in [0.1, 0.15) is 32.2 Å². The molecule has 0 unspecified atom stereocenters.